The van der Waals surface area contributed by atoms with Crippen LogP contribution < -0.4 is 10.6 Å². The van der Waals surface area contributed by atoms with Gasteiger partial charge in [0.2, 0.25) is 11.8 Å². The molecule has 12 nitrogen and oxygen atoms in total. The zero-order valence-electron chi connectivity index (χ0n) is 26.1. The second-order valence-electron chi connectivity index (χ2n) is 12.0. The van der Waals surface area contributed by atoms with Gasteiger partial charge in [0.15, 0.2) is 0 Å². The molecule has 4 aliphatic heterocycles. The summed E-state index contributed by atoms with van der Waals surface area (Å²) in [7, 11) is 0. The molecule has 0 radical (unpaired) electrons. The van der Waals surface area contributed by atoms with Crippen LogP contribution in [0.5, 0.6) is 0 Å². The number of nitrogens with zero attached hydrogens (tertiary/aromatic N) is 4. The lowest BCUT2D eigenvalue weighted by Gasteiger charge is -2.33. The first-order valence-corrected chi connectivity index (χ1v) is 16.2. The van der Waals surface area contributed by atoms with E-state index in [2.05, 4.69) is 10.6 Å². The predicted octanol–water partition coefficient (Wildman–Crippen LogP) is 3.57. The molecule has 4 saturated heterocycles. The molecule has 4 heterocycles. The van der Waals surface area contributed by atoms with Crippen LogP contribution in [0.1, 0.15) is 36.8 Å². The Labute approximate surface area is 269 Å². The van der Waals surface area contributed by atoms with E-state index < -0.39 is 12.1 Å². The minimum Gasteiger partial charge on any atom is -0.378 e. The summed E-state index contributed by atoms with van der Waals surface area (Å²) in [6, 6.07) is 14.0. The Morgan fingerprint density at radius 3 is 1.30 bits per heavy atom. The van der Waals surface area contributed by atoms with Crippen LogP contribution in [0, 0.1) is 0 Å². The number of carbonyl (C=O) groups is 4. The van der Waals surface area contributed by atoms with Crippen molar-refractivity contribution in [3.05, 3.63) is 59.7 Å². The molecular weight excluding hydrogens is 588 g/mol. The van der Waals surface area contributed by atoms with Crippen LogP contribution >= 0.6 is 0 Å². The Balaban J connectivity index is 0.987. The van der Waals surface area contributed by atoms with Gasteiger partial charge in [0, 0.05) is 50.6 Å². The lowest BCUT2D eigenvalue weighted by atomic mass is 10.1. The van der Waals surface area contributed by atoms with Crippen molar-refractivity contribution in [2.24, 2.45) is 0 Å². The smallest absolute Gasteiger partial charge is 0.320 e. The molecule has 4 aliphatic rings. The van der Waals surface area contributed by atoms with Crippen molar-refractivity contribution in [1.82, 2.24) is 19.6 Å². The van der Waals surface area contributed by atoms with E-state index in [0.29, 0.717) is 89.9 Å². The number of urea groups is 2. The molecule has 4 fully saturated rings. The lowest BCUT2D eigenvalue weighted by Crippen LogP contribution is -2.52. The molecule has 0 aromatic heterocycles. The van der Waals surface area contributed by atoms with E-state index in [9.17, 15) is 19.2 Å². The van der Waals surface area contributed by atoms with E-state index in [4.69, 9.17) is 9.47 Å². The third-order valence-corrected chi connectivity index (χ3v) is 8.99. The summed E-state index contributed by atoms with van der Waals surface area (Å²) in [5, 5.41) is 5.95. The molecule has 0 spiro atoms. The highest BCUT2D eigenvalue weighted by atomic mass is 16.5. The highest BCUT2D eigenvalue weighted by Gasteiger charge is 2.38. The summed E-state index contributed by atoms with van der Waals surface area (Å²) in [6.45, 7) is 5.50. The monoisotopic (exact) mass is 630 g/mol. The van der Waals surface area contributed by atoms with Gasteiger partial charge >= 0.3 is 12.1 Å². The van der Waals surface area contributed by atoms with E-state index in [1.807, 2.05) is 60.7 Å². The molecule has 244 valence electrons. The molecule has 0 unspecified atom stereocenters. The fourth-order valence-electron chi connectivity index (χ4n) is 6.41. The lowest BCUT2D eigenvalue weighted by molar-refractivity contribution is -0.120. The zero-order valence-corrected chi connectivity index (χ0v) is 26.1. The van der Waals surface area contributed by atoms with Crippen molar-refractivity contribution in [2.75, 3.05) is 76.3 Å². The van der Waals surface area contributed by atoms with E-state index in [0.717, 1.165) is 24.0 Å². The van der Waals surface area contributed by atoms with Crippen molar-refractivity contribution in [3.63, 3.8) is 0 Å². The number of morpholine rings is 2. The van der Waals surface area contributed by atoms with Crippen LogP contribution in [-0.4, -0.2) is 121 Å². The molecule has 0 bridgehead atoms. The quantitative estimate of drug-likeness (QED) is 0.471. The highest BCUT2D eigenvalue weighted by Crippen LogP contribution is 2.24. The van der Waals surface area contributed by atoms with Gasteiger partial charge in [0.25, 0.3) is 0 Å². The van der Waals surface area contributed by atoms with Crippen molar-refractivity contribution in [3.8, 4) is 0 Å². The Morgan fingerprint density at radius 2 is 0.935 bits per heavy atom. The Hall–Kier alpha value is -4.42. The molecule has 12 heteroatoms. The van der Waals surface area contributed by atoms with Crippen molar-refractivity contribution >= 4 is 47.4 Å². The first-order valence-electron chi connectivity index (χ1n) is 16.2. The zero-order chi connectivity index (χ0) is 31.9. The Bertz CT molecular complexity index is 1310. The fourth-order valence-corrected chi connectivity index (χ4v) is 6.41. The average Bonchev–Trinajstić information content (AvgIpc) is 3.80. The van der Waals surface area contributed by atoms with Gasteiger partial charge in [-0.1, -0.05) is 36.4 Å². The molecule has 6 rings (SSSR count). The van der Waals surface area contributed by atoms with E-state index >= 15 is 0 Å². The molecule has 2 N–H and O–H groups in total. The van der Waals surface area contributed by atoms with Gasteiger partial charge in [-0.25, -0.2) is 9.59 Å². The number of ether oxygens (including phenoxy) is 2. The molecule has 46 heavy (non-hydrogen) atoms. The summed E-state index contributed by atoms with van der Waals surface area (Å²) >= 11 is 0. The highest BCUT2D eigenvalue weighted by molar-refractivity contribution is 5.98. The van der Waals surface area contributed by atoms with Crippen molar-refractivity contribution in [1.29, 1.82) is 0 Å². The summed E-state index contributed by atoms with van der Waals surface area (Å²) in [5.41, 5.74) is 3.29. The van der Waals surface area contributed by atoms with Gasteiger partial charge in [0.05, 0.1) is 26.4 Å². The van der Waals surface area contributed by atoms with Gasteiger partial charge < -0.3 is 39.7 Å². The van der Waals surface area contributed by atoms with E-state index in [1.165, 1.54) is 0 Å². The van der Waals surface area contributed by atoms with Gasteiger partial charge in [-0.05, 0) is 61.1 Å². The van der Waals surface area contributed by atoms with Crippen LogP contribution in [-0.2, 0) is 19.1 Å². The maximum atomic E-state index is 13.1. The van der Waals surface area contributed by atoms with Crippen molar-refractivity contribution in [2.45, 2.75) is 37.8 Å². The largest absolute Gasteiger partial charge is 0.378 e. The second kappa shape index (κ2) is 14.8. The number of hydrogen-bond donors (Lipinski definition) is 2. The van der Waals surface area contributed by atoms with Crippen LogP contribution in [0.4, 0.5) is 21.0 Å². The normalized spacial score (nSPS) is 21.9. The predicted molar refractivity (Wildman–Crippen MR) is 174 cm³/mol. The molecule has 6 amide bonds. The third-order valence-electron chi connectivity index (χ3n) is 8.99. The summed E-state index contributed by atoms with van der Waals surface area (Å²) < 4.78 is 10.7. The number of hydrogen-bond acceptors (Lipinski definition) is 6. The van der Waals surface area contributed by atoms with Crippen LogP contribution in [0.2, 0.25) is 0 Å². The second-order valence-corrected chi connectivity index (χ2v) is 12.0. The summed E-state index contributed by atoms with van der Waals surface area (Å²) in [4.78, 5) is 59.0. The summed E-state index contributed by atoms with van der Waals surface area (Å²) in [5.74, 6) is -0.335. The maximum Gasteiger partial charge on any atom is 0.320 e. The number of rotatable bonds is 6. The van der Waals surface area contributed by atoms with E-state index in [1.54, 1.807) is 19.6 Å². The average molecular weight is 631 g/mol. The van der Waals surface area contributed by atoms with Crippen molar-refractivity contribution < 1.29 is 28.7 Å². The van der Waals surface area contributed by atoms with E-state index in [-0.39, 0.29) is 23.9 Å². The standard InChI is InChI=1S/C34H42N6O6/c41-31(29-3-1-15-39(29)33(43)37-17-21-45-22-18-37)35-27-11-7-25(8-12-27)5-6-26-9-13-28(14-10-26)36-32(42)30-4-2-16-40(30)34(44)38-19-23-46-24-20-38/h5-14,29-30H,1-4,15-24H2,(H,35,41)(H,36,42)/b6-5+/t29-,30-/m0/s1. The topological polar surface area (TPSA) is 124 Å². The van der Waals surface area contributed by atoms with Crippen LogP contribution in [0.15, 0.2) is 48.5 Å². The molecule has 2 atom stereocenters. The van der Waals surface area contributed by atoms with Crippen LogP contribution in [0.3, 0.4) is 0 Å². The molecular formula is C34H42N6O6. The number of anilines is 2. The maximum absolute atomic E-state index is 13.1. The van der Waals surface area contributed by atoms with Gasteiger partial charge in [-0.15, -0.1) is 0 Å². The SMILES string of the molecule is O=C(Nc1ccc(/C=C/c2ccc(NC(=O)[C@@H]3CCCN3C(=O)N3CCOCC3)cc2)cc1)[C@@H]1CCCN1C(=O)N1CCOCC1. The molecule has 2 aromatic rings. The number of carbonyl (C=O) groups excluding carboxylic acids is 4. The van der Waals surface area contributed by atoms with Gasteiger partial charge in [0.1, 0.15) is 12.1 Å². The minimum absolute atomic E-state index is 0.0896. The molecule has 0 aliphatic carbocycles. The number of amides is 6. The summed E-state index contributed by atoms with van der Waals surface area (Å²) in [6.07, 6.45) is 6.87. The molecule has 2 aromatic carbocycles. The van der Waals surface area contributed by atoms with Gasteiger partial charge in [-0.3, -0.25) is 9.59 Å². The first-order chi connectivity index (χ1) is 22.5. The fraction of sp³-hybridized carbons (Fsp3) is 0.471. The third kappa shape index (κ3) is 7.51. The number of likely N-dealkylation sites (tertiary alicyclic amines) is 2. The van der Waals surface area contributed by atoms with Gasteiger partial charge in [-0.2, -0.15) is 0 Å². The minimum atomic E-state index is -0.475. The van der Waals surface area contributed by atoms with Crippen LogP contribution in [0.25, 0.3) is 12.2 Å². The first kappa shape index (κ1) is 31.6. The Morgan fingerprint density at radius 1 is 0.565 bits per heavy atom. The molecule has 0 saturated carbocycles. The Kier molecular flexibility index (Phi) is 10.1. The number of nitrogens with one attached hydrogen (secondary N) is 2. The number of benzene rings is 2.